The summed E-state index contributed by atoms with van der Waals surface area (Å²) in [6.45, 7) is 1.80. The highest BCUT2D eigenvalue weighted by Crippen LogP contribution is 2.23. The molecule has 1 heterocycles. The first-order valence-corrected chi connectivity index (χ1v) is 7.38. The van der Waals surface area contributed by atoms with Crippen molar-refractivity contribution in [3.63, 3.8) is 0 Å². The Morgan fingerprint density at radius 2 is 1.92 bits per heavy atom. The molecular formula is C17H17F3N2O3. The largest absolute Gasteiger partial charge is 0.439 e. The van der Waals surface area contributed by atoms with Crippen LogP contribution in [0, 0.1) is 13.8 Å². The van der Waals surface area contributed by atoms with Crippen molar-refractivity contribution in [3.8, 4) is 11.6 Å². The second kappa shape index (κ2) is 7.98. The lowest BCUT2D eigenvalue weighted by Crippen LogP contribution is -2.24. The number of carbonyl (C=O) groups is 1. The van der Waals surface area contributed by atoms with Gasteiger partial charge in [-0.2, -0.15) is 13.2 Å². The van der Waals surface area contributed by atoms with Crippen molar-refractivity contribution in [2.75, 3.05) is 18.5 Å². The number of hydrogen-bond acceptors (Lipinski definition) is 4. The van der Waals surface area contributed by atoms with Gasteiger partial charge >= 0.3 is 6.18 Å². The topological polar surface area (TPSA) is 60.5 Å². The summed E-state index contributed by atoms with van der Waals surface area (Å²) >= 11 is 0. The Kier molecular flexibility index (Phi) is 5.97. The van der Waals surface area contributed by atoms with Crippen molar-refractivity contribution in [3.05, 3.63) is 47.7 Å². The zero-order valence-electron chi connectivity index (χ0n) is 13.7. The lowest BCUT2D eigenvalue weighted by atomic mass is 10.1. The average Bonchev–Trinajstić information content (AvgIpc) is 2.51. The molecule has 1 aromatic carbocycles. The maximum atomic E-state index is 11.9. The third-order valence-electron chi connectivity index (χ3n) is 3.22. The summed E-state index contributed by atoms with van der Waals surface area (Å²) in [5.41, 5.74) is 2.55. The number of carbonyl (C=O) groups excluding carboxylic acids is 1. The number of hydrogen-bond donors (Lipinski definition) is 1. The Hall–Kier alpha value is -2.61. The van der Waals surface area contributed by atoms with Crippen LogP contribution in [0.3, 0.4) is 0 Å². The molecule has 0 radical (unpaired) electrons. The molecule has 1 N–H and O–H groups in total. The van der Waals surface area contributed by atoms with Crippen molar-refractivity contribution >= 4 is 11.6 Å². The number of halogens is 3. The fourth-order valence-corrected chi connectivity index (χ4v) is 1.87. The van der Waals surface area contributed by atoms with E-state index in [0.29, 0.717) is 17.3 Å². The molecule has 0 aliphatic carbocycles. The first-order chi connectivity index (χ1) is 11.7. The number of anilines is 1. The molecule has 0 saturated heterocycles. The van der Waals surface area contributed by atoms with Gasteiger partial charge in [0.2, 0.25) is 11.8 Å². The Morgan fingerprint density at radius 1 is 1.16 bits per heavy atom. The second-order valence-electron chi connectivity index (χ2n) is 5.39. The summed E-state index contributed by atoms with van der Waals surface area (Å²) in [7, 11) is 0. The maximum absolute atomic E-state index is 11.9. The molecule has 0 atom stereocenters. The zero-order valence-corrected chi connectivity index (χ0v) is 13.7. The van der Waals surface area contributed by atoms with Crippen LogP contribution in [0.4, 0.5) is 18.9 Å². The Balaban J connectivity index is 1.86. The van der Waals surface area contributed by atoms with E-state index in [0.717, 1.165) is 11.1 Å². The molecule has 1 amide bonds. The molecule has 0 aliphatic heterocycles. The fourth-order valence-electron chi connectivity index (χ4n) is 1.87. The van der Waals surface area contributed by atoms with E-state index in [1.54, 1.807) is 6.07 Å². The number of aromatic nitrogens is 1. The highest BCUT2D eigenvalue weighted by atomic mass is 19.4. The Morgan fingerprint density at radius 3 is 2.52 bits per heavy atom. The lowest BCUT2D eigenvalue weighted by molar-refractivity contribution is -0.174. The number of nitrogens with one attached hydrogen (secondary N) is 1. The van der Waals surface area contributed by atoms with Crippen molar-refractivity contribution < 1.29 is 27.4 Å². The second-order valence-corrected chi connectivity index (χ2v) is 5.39. The molecule has 5 nitrogen and oxygen atoms in total. The first kappa shape index (κ1) is 18.7. The van der Waals surface area contributed by atoms with Gasteiger partial charge in [-0.15, -0.1) is 0 Å². The molecule has 25 heavy (non-hydrogen) atoms. The van der Waals surface area contributed by atoms with Gasteiger partial charge in [-0.05, 0) is 43.2 Å². The number of rotatable bonds is 6. The van der Waals surface area contributed by atoms with E-state index in [2.05, 4.69) is 15.0 Å². The molecule has 2 aromatic rings. The molecule has 0 fully saturated rings. The van der Waals surface area contributed by atoms with Crippen LogP contribution in [-0.2, 0) is 9.53 Å². The summed E-state index contributed by atoms with van der Waals surface area (Å²) in [5.74, 6) is 0.261. The van der Waals surface area contributed by atoms with Crippen LogP contribution in [0.2, 0.25) is 0 Å². The number of amides is 1. The number of pyridine rings is 1. The van der Waals surface area contributed by atoms with Gasteiger partial charge in [0.15, 0.2) is 0 Å². The van der Waals surface area contributed by atoms with Gasteiger partial charge in [-0.3, -0.25) is 4.79 Å². The van der Waals surface area contributed by atoms with Crippen LogP contribution in [0.25, 0.3) is 0 Å². The fraction of sp³-hybridized carbons (Fsp3) is 0.294. The van der Waals surface area contributed by atoms with E-state index in [9.17, 15) is 18.0 Å². The molecule has 8 heteroatoms. The highest BCUT2D eigenvalue weighted by Gasteiger charge is 2.27. The summed E-state index contributed by atoms with van der Waals surface area (Å²) in [5, 5.41) is 2.39. The van der Waals surface area contributed by atoms with E-state index in [1.165, 1.54) is 12.3 Å². The van der Waals surface area contributed by atoms with Gasteiger partial charge in [-0.25, -0.2) is 4.98 Å². The minimum Gasteiger partial charge on any atom is -0.439 e. The molecule has 134 valence electrons. The van der Waals surface area contributed by atoms with Gasteiger partial charge in [0.1, 0.15) is 19.0 Å². The first-order valence-electron chi connectivity index (χ1n) is 7.38. The number of ether oxygens (including phenoxy) is 2. The van der Waals surface area contributed by atoms with Crippen molar-refractivity contribution in [1.29, 1.82) is 0 Å². The monoisotopic (exact) mass is 354 g/mol. The van der Waals surface area contributed by atoms with Crippen molar-refractivity contribution in [2.45, 2.75) is 20.0 Å². The molecule has 0 aliphatic rings. The van der Waals surface area contributed by atoms with E-state index in [4.69, 9.17) is 4.74 Å². The van der Waals surface area contributed by atoms with Crippen LogP contribution in [-0.4, -0.2) is 30.3 Å². The molecular weight excluding hydrogens is 337 g/mol. The summed E-state index contributed by atoms with van der Waals surface area (Å²) < 4.78 is 45.6. The van der Waals surface area contributed by atoms with Crippen LogP contribution in [0.15, 0.2) is 36.5 Å². The van der Waals surface area contributed by atoms with E-state index in [-0.39, 0.29) is 0 Å². The number of nitrogens with zero attached hydrogens (tertiary/aromatic N) is 1. The third kappa shape index (κ3) is 6.42. The molecule has 1 aromatic heterocycles. The molecule has 0 spiro atoms. The predicted octanol–water partition coefficient (Wildman–Crippen LogP) is 4.01. The van der Waals surface area contributed by atoms with Crippen LogP contribution in [0.1, 0.15) is 11.1 Å². The Labute approximate surface area is 142 Å². The van der Waals surface area contributed by atoms with Gasteiger partial charge < -0.3 is 14.8 Å². The summed E-state index contributed by atoms with van der Waals surface area (Å²) in [6, 6.07) is 8.70. The van der Waals surface area contributed by atoms with Crippen molar-refractivity contribution in [2.24, 2.45) is 0 Å². The van der Waals surface area contributed by atoms with Crippen LogP contribution < -0.4 is 10.1 Å². The SMILES string of the molecule is Cc1ccc(Oc2ccc(NC(=O)COCC(F)(F)F)cn2)cc1C. The Bertz CT molecular complexity index is 731. The smallest absolute Gasteiger partial charge is 0.411 e. The third-order valence-corrected chi connectivity index (χ3v) is 3.22. The summed E-state index contributed by atoms with van der Waals surface area (Å²) in [4.78, 5) is 15.5. The van der Waals surface area contributed by atoms with Gasteiger partial charge in [0.25, 0.3) is 0 Å². The van der Waals surface area contributed by atoms with Gasteiger partial charge in [0.05, 0.1) is 11.9 Å². The molecule has 0 unspecified atom stereocenters. The lowest BCUT2D eigenvalue weighted by Gasteiger charge is -2.09. The maximum Gasteiger partial charge on any atom is 0.411 e. The summed E-state index contributed by atoms with van der Waals surface area (Å²) in [6.07, 6.45) is -3.12. The zero-order chi connectivity index (χ0) is 18.4. The van der Waals surface area contributed by atoms with Crippen LogP contribution >= 0.6 is 0 Å². The normalized spacial score (nSPS) is 11.2. The number of alkyl halides is 3. The van der Waals surface area contributed by atoms with Crippen LogP contribution in [0.5, 0.6) is 11.6 Å². The van der Waals surface area contributed by atoms with Crippen molar-refractivity contribution in [1.82, 2.24) is 4.98 Å². The standard InChI is InChI=1S/C17H17F3N2O3/c1-11-3-5-14(7-12(11)2)25-16-6-4-13(8-21-16)22-15(23)9-24-10-17(18,19)20/h3-8H,9-10H2,1-2H3,(H,22,23). The van der Waals surface area contributed by atoms with Gasteiger partial charge in [-0.1, -0.05) is 6.07 Å². The van der Waals surface area contributed by atoms with Gasteiger partial charge in [0, 0.05) is 6.07 Å². The van der Waals surface area contributed by atoms with E-state index in [1.807, 2.05) is 32.0 Å². The molecule has 2 rings (SSSR count). The molecule has 0 saturated carbocycles. The quantitative estimate of drug-likeness (QED) is 0.852. The predicted molar refractivity (Wildman–Crippen MR) is 85.7 cm³/mol. The minimum atomic E-state index is -4.46. The minimum absolute atomic E-state index is 0.327. The number of benzene rings is 1. The average molecular weight is 354 g/mol. The molecule has 0 bridgehead atoms. The highest BCUT2D eigenvalue weighted by molar-refractivity contribution is 5.91. The van der Waals surface area contributed by atoms with E-state index >= 15 is 0 Å². The number of aryl methyl sites for hydroxylation is 2. The van der Waals surface area contributed by atoms with E-state index < -0.39 is 25.3 Å².